The monoisotopic (exact) mass is 273 g/mol. The smallest absolute Gasteiger partial charge is 0.0299 e. The molecular formula is C19H31N. The van der Waals surface area contributed by atoms with Gasteiger partial charge in [0.1, 0.15) is 0 Å². The second-order valence-corrected chi connectivity index (χ2v) is 7.66. The van der Waals surface area contributed by atoms with Crippen molar-refractivity contribution in [2.24, 2.45) is 5.41 Å². The van der Waals surface area contributed by atoms with E-state index in [0.717, 1.165) is 0 Å². The lowest BCUT2D eigenvalue weighted by atomic mass is 9.75. The van der Waals surface area contributed by atoms with Crippen molar-refractivity contribution < 1.29 is 0 Å². The van der Waals surface area contributed by atoms with Gasteiger partial charge in [-0.05, 0) is 69.1 Å². The van der Waals surface area contributed by atoms with Crippen molar-refractivity contribution in [2.45, 2.75) is 79.3 Å². The van der Waals surface area contributed by atoms with E-state index in [4.69, 9.17) is 0 Å². The van der Waals surface area contributed by atoms with Crippen LogP contribution >= 0.6 is 0 Å². The summed E-state index contributed by atoms with van der Waals surface area (Å²) < 4.78 is 0. The molecule has 1 aromatic carbocycles. The van der Waals surface area contributed by atoms with Crippen LogP contribution in [0.25, 0.3) is 0 Å². The quantitative estimate of drug-likeness (QED) is 0.795. The van der Waals surface area contributed by atoms with Crippen LogP contribution in [0.2, 0.25) is 0 Å². The second-order valence-electron chi connectivity index (χ2n) is 7.66. The first kappa shape index (κ1) is 15.6. The van der Waals surface area contributed by atoms with Crippen LogP contribution in [-0.4, -0.2) is 6.04 Å². The van der Waals surface area contributed by atoms with Crippen LogP contribution in [0.15, 0.2) is 12.1 Å². The van der Waals surface area contributed by atoms with Crippen LogP contribution in [0.5, 0.6) is 0 Å². The Morgan fingerprint density at radius 2 is 1.75 bits per heavy atom. The maximum Gasteiger partial charge on any atom is 0.0299 e. The summed E-state index contributed by atoms with van der Waals surface area (Å²) in [7, 11) is 0. The summed E-state index contributed by atoms with van der Waals surface area (Å²) in [4.78, 5) is 0. The molecule has 0 aromatic heterocycles. The van der Waals surface area contributed by atoms with Gasteiger partial charge < -0.3 is 5.32 Å². The molecule has 1 aromatic rings. The molecule has 0 amide bonds. The first-order valence-corrected chi connectivity index (χ1v) is 8.12. The SMILES string of the molecule is Cc1cc(C)c(C(C)NC2CCCC(C)(C)C2)c(C)c1. The number of hydrogen-bond donors (Lipinski definition) is 1. The Balaban J connectivity index is 2.10. The third kappa shape index (κ3) is 3.63. The number of hydrogen-bond acceptors (Lipinski definition) is 1. The van der Waals surface area contributed by atoms with Gasteiger partial charge >= 0.3 is 0 Å². The van der Waals surface area contributed by atoms with Crippen molar-refractivity contribution in [3.63, 3.8) is 0 Å². The maximum absolute atomic E-state index is 3.89. The highest BCUT2D eigenvalue weighted by molar-refractivity contribution is 5.39. The molecule has 1 aliphatic rings. The fraction of sp³-hybridized carbons (Fsp3) is 0.684. The molecule has 0 spiro atoms. The standard InChI is InChI=1S/C19H31N/c1-13-10-14(2)18(15(3)11-13)16(4)20-17-8-7-9-19(5,6)12-17/h10-11,16-17,20H,7-9,12H2,1-6H3. The fourth-order valence-corrected chi connectivity index (χ4v) is 4.15. The minimum atomic E-state index is 0.453. The van der Waals surface area contributed by atoms with Crippen LogP contribution in [0.3, 0.4) is 0 Å². The average Bonchev–Trinajstić information content (AvgIpc) is 2.25. The van der Waals surface area contributed by atoms with Gasteiger partial charge in [-0.3, -0.25) is 0 Å². The zero-order valence-corrected chi connectivity index (χ0v) is 14.1. The molecular weight excluding hydrogens is 242 g/mol. The maximum atomic E-state index is 3.89. The summed E-state index contributed by atoms with van der Waals surface area (Å²) in [6.45, 7) is 13.8. The average molecular weight is 273 g/mol. The lowest BCUT2D eigenvalue weighted by Gasteiger charge is -2.37. The Labute approximate surface area is 125 Å². The molecule has 1 aliphatic carbocycles. The van der Waals surface area contributed by atoms with Gasteiger partial charge in [-0.15, -0.1) is 0 Å². The third-order valence-electron chi connectivity index (χ3n) is 4.86. The molecule has 2 unspecified atom stereocenters. The van der Waals surface area contributed by atoms with Crippen LogP contribution < -0.4 is 5.32 Å². The molecule has 1 saturated carbocycles. The van der Waals surface area contributed by atoms with Gasteiger partial charge in [0.15, 0.2) is 0 Å². The van der Waals surface area contributed by atoms with Crippen molar-refractivity contribution in [3.8, 4) is 0 Å². The molecule has 2 rings (SSSR count). The number of nitrogens with one attached hydrogen (secondary N) is 1. The van der Waals surface area contributed by atoms with E-state index >= 15 is 0 Å². The predicted octanol–water partition coefficient (Wildman–Crippen LogP) is 5.23. The molecule has 0 heterocycles. The van der Waals surface area contributed by atoms with Gasteiger partial charge in [0, 0.05) is 12.1 Å². The molecule has 1 N–H and O–H groups in total. The highest BCUT2D eigenvalue weighted by Crippen LogP contribution is 2.36. The molecule has 20 heavy (non-hydrogen) atoms. The first-order valence-electron chi connectivity index (χ1n) is 8.12. The van der Waals surface area contributed by atoms with E-state index in [1.807, 2.05) is 0 Å². The lowest BCUT2D eigenvalue weighted by molar-refractivity contribution is 0.191. The van der Waals surface area contributed by atoms with Crippen molar-refractivity contribution in [3.05, 3.63) is 34.4 Å². The van der Waals surface area contributed by atoms with Crippen molar-refractivity contribution in [1.29, 1.82) is 0 Å². The molecule has 0 radical (unpaired) electrons. The van der Waals surface area contributed by atoms with Crippen LogP contribution in [0, 0.1) is 26.2 Å². The summed E-state index contributed by atoms with van der Waals surface area (Å²) in [6.07, 6.45) is 5.38. The van der Waals surface area contributed by atoms with E-state index in [1.54, 1.807) is 0 Å². The Morgan fingerprint density at radius 1 is 1.15 bits per heavy atom. The number of aryl methyl sites for hydroxylation is 3. The van der Waals surface area contributed by atoms with E-state index in [2.05, 4.69) is 59.0 Å². The molecule has 0 aliphatic heterocycles. The highest BCUT2D eigenvalue weighted by Gasteiger charge is 2.29. The van der Waals surface area contributed by atoms with Crippen LogP contribution in [-0.2, 0) is 0 Å². The third-order valence-corrected chi connectivity index (χ3v) is 4.86. The molecule has 0 bridgehead atoms. The summed E-state index contributed by atoms with van der Waals surface area (Å²) >= 11 is 0. The minimum absolute atomic E-state index is 0.453. The van der Waals surface area contributed by atoms with Gasteiger partial charge in [0.05, 0.1) is 0 Å². The van der Waals surface area contributed by atoms with Crippen molar-refractivity contribution in [1.82, 2.24) is 5.32 Å². The van der Waals surface area contributed by atoms with Crippen molar-refractivity contribution in [2.75, 3.05) is 0 Å². The lowest BCUT2D eigenvalue weighted by Crippen LogP contribution is -2.38. The van der Waals surface area contributed by atoms with E-state index < -0.39 is 0 Å². The fourth-order valence-electron chi connectivity index (χ4n) is 4.15. The van der Waals surface area contributed by atoms with E-state index in [0.29, 0.717) is 17.5 Å². The molecule has 1 nitrogen and oxygen atoms in total. The number of benzene rings is 1. The molecule has 1 heteroatoms. The van der Waals surface area contributed by atoms with Gasteiger partial charge in [-0.1, -0.05) is 38.0 Å². The zero-order valence-electron chi connectivity index (χ0n) is 14.1. The van der Waals surface area contributed by atoms with E-state index in [-0.39, 0.29) is 0 Å². The Morgan fingerprint density at radius 3 is 2.30 bits per heavy atom. The topological polar surface area (TPSA) is 12.0 Å². The Hall–Kier alpha value is -0.820. The minimum Gasteiger partial charge on any atom is -0.307 e. The van der Waals surface area contributed by atoms with Gasteiger partial charge in [-0.25, -0.2) is 0 Å². The zero-order chi connectivity index (χ0) is 14.9. The summed E-state index contributed by atoms with van der Waals surface area (Å²) in [6, 6.07) is 5.75. The summed E-state index contributed by atoms with van der Waals surface area (Å²) in [5.74, 6) is 0. The van der Waals surface area contributed by atoms with E-state index in [9.17, 15) is 0 Å². The molecule has 1 fully saturated rings. The second kappa shape index (κ2) is 5.89. The van der Waals surface area contributed by atoms with Gasteiger partial charge in [0.25, 0.3) is 0 Å². The van der Waals surface area contributed by atoms with Crippen LogP contribution in [0.4, 0.5) is 0 Å². The normalized spacial score (nSPS) is 23.6. The molecule has 112 valence electrons. The summed E-state index contributed by atoms with van der Waals surface area (Å²) in [5.41, 5.74) is 6.23. The Bertz CT molecular complexity index is 450. The summed E-state index contributed by atoms with van der Waals surface area (Å²) in [5, 5.41) is 3.89. The van der Waals surface area contributed by atoms with Crippen LogP contribution in [0.1, 0.15) is 74.8 Å². The van der Waals surface area contributed by atoms with Gasteiger partial charge in [0.2, 0.25) is 0 Å². The predicted molar refractivity (Wildman–Crippen MR) is 88.2 cm³/mol. The van der Waals surface area contributed by atoms with Gasteiger partial charge in [-0.2, -0.15) is 0 Å². The van der Waals surface area contributed by atoms with E-state index in [1.165, 1.54) is 47.9 Å². The largest absolute Gasteiger partial charge is 0.307 e. The highest BCUT2D eigenvalue weighted by atomic mass is 14.9. The van der Waals surface area contributed by atoms with Crippen molar-refractivity contribution >= 4 is 0 Å². The number of rotatable bonds is 3. The molecule has 0 saturated heterocycles. The molecule has 2 atom stereocenters. The Kier molecular flexibility index (Phi) is 4.59. The first-order chi connectivity index (χ1) is 9.28.